The quantitative estimate of drug-likeness (QED) is 0.292. The second-order valence-corrected chi connectivity index (χ2v) is 7.88. The average molecular weight is 372 g/mol. The summed E-state index contributed by atoms with van der Waals surface area (Å²) in [5.41, 5.74) is 7.94. The van der Waals surface area contributed by atoms with E-state index in [0.29, 0.717) is 0 Å². The Balaban J connectivity index is 2.12. The van der Waals surface area contributed by atoms with Gasteiger partial charge in [-0.05, 0) is 24.0 Å². The molecule has 2 N–H and O–H groups in total. The number of primary amides is 1. The first-order valence-corrected chi connectivity index (χ1v) is 11.2. The normalized spacial score (nSPS) is 12.0. The number of carbonyl (C=O) groups is 1. The molecule has 1 atom stereocenters. The molecule has 1 aromatic carbocycles. The summed E-state index contributed by atoms with van der Waals surface area (Å²) in [4.78, 5) is 11.8. The minimum atomic E-state index is -0.170. The monoisotopic (exact) mass is 371 g/mol. The van der Waals surface area contributed by atoms with Gasteiger partial charge in [-0.25, -0.2) is 0 Å². The highest BCUT2D eigenvalue weighted by molar-refractivity contribution is 5.77. The van der Waals surface area contributed by atoms with Gasteiger partial charge in [-0.15, -0.1) is 0 Å². The molecule has 1 unspecified atom stereocenters. The molecule has 0 saturated heterocycles. The molecule has 0 aliphatic heterocycles. The van der Waals surface area contributed by atoms with E-state index in [1.165, 1.54) is 76.2 Å². The number of hydrogen-bond acceptors (Lipinski definition) is 1. The van der Waals surface area contributed by atoms with Crippen LogP contribution in [0.3, 0.4) is 0 Å². The zero-order chi connectivity index (χ0) is 19.7. The lowest BCUT2D eigenvalue weighted by atomic mass is 9.90. The standard InChI is InChI=1S/C25H41NO/c1-3-5-6-7-8-9-10-11-12-13-14-15-20-24(25(26)27)21-23-19-17-16-18-22(23)4-2/h4,16-19,24H,2-3,5-15,20-21H2,1H3,(H2,26,27). The Bertz CT molecular complexity index is 523. The van der Waals surface area contributed by atoms with E-state index in [0.717, 1.165) is 24.8 Å². The fourth-order valence-corrected chi connectivity index (χ4v) is 3.76. The average Bonchev–Trinajstić information content (AvgIpc) is 2.68. The maximum atomic E-state index is 11.8. The molecule has 0 bridgehead atoms. The lowest BCUT2D eigenvalue weighted by Crippen LogP contribution is -2.25. The third kappa shape index (κ3) is 11.0. The van der Waals surface area contributed by atoms with E-state index >= 15 is 0 Å². The molecule has 2 nitrogen and oxygen atoms in total. The van der Waals surface area contributed by atoms with Gasteiger partial charge in [-0.3, -0.25) is 4.79 Å². The Hall–Kier alpha value is -1.57. The third-order valence-electron chi connectivity index (χ3n) is 5.55. The summed E-state index contributed by atoms with van der Waals surface area (Å²) < 4.78 is 0. The third-order valence-corrected chi connectivity index (χ3v) is 5.55. The van der Waals surface area contributed by atoms with Crippen LogP contribution in [0.1, 0.15) is 102 Å². The molecule has 152 valence electrons. The maximum absolute atomic E-state index is 11.8. The highest BCUT2D eigenvalue weighted by Gasteiger charge is 2.16. The zero-order valence-corrected chi connectivity index (χ0v) is 17.6. The van der Waals surface area contributed by atoms with Crippen molar-refractivity contribution in [2.45, 2.75) is 96.8 Å². The van der Waals surface area contributed by atoms with Crippen molar-refractivity contribution in [3.63, 3.8) is 0 Å². The van der Waals surface area contributed by atoms with Gasteiger partial charge in [0, 0.05) is 5.92 Å². The lowest BCUT2D eigenvalue weighted by Gasteiger charge is -2.15. The van der Waals surface area contributed by atoms with Crippen LogP contribution in [0.4, 0.5) is 0 Å². The van der Waals surface area contributed by atoms with Crippen molar-refractivity contribution < 1.29 is 4.79 Å². The number of rotatable bonds is 17. The van der Waals surface area contributed by atoms with Crippen molar-refractivity contribution in [3.05, 3.63) is 42.0 Å². The van der Waals surface area contributed by atoms with Gasteiger partial charge in [-0.2, -0.15) is 0 Å². The van der Waals surface area contributed by atoms with E-state index in [1.54, 1.807) is 0 Å². The Morgan fingerprint density at radius 1 is 0.926 bits per heavy atom. The molecule has 0 fully saturated rings. The number of unbranched alkanes of at least 4 members (excludes halogenated alkanes) is 11. The summed E-state index contributed by atoms with van der Waals surface area (Å²) in [6.07, 6.45) is 19.5. The van der Waals surface area contributed by atoms with Crippen molar-refractivity contribution in [3.8, 4) is 0 Å². The molecule has 0 aromatic heterocycles. The number of hydrogen-bond donors (Lipinski definition) is 1. The highest BCUT2D eigenvalue weighted by atomic mass is 16.1. The second kappa shape index (κ2) is 15.5. The van der Waals surface area contributed by atoms with Crippen LogP contribution in [0.5, 0.6) is 0 Å². The predicted octanol–water partition coefficient (Wildman–Crippen LogP) is 7.06. The van der Waals surface area contributed by atoms with E-state index in [4.69, 9.17) is 5.73 Å². The van der Waals surface area contributed by atoms with Crippen LogP contribution in [0.25, 0.3) is 6.08 Å². The van der Waals surface area contributed by atoms with Crippen molar-refractivity contribution >= 4 is 12.0 Å². The van der Waals surface area contributed by atoms with Crippen LogP contribution in [-0.2, 0) is 11.2 Å². The molecule has 1 aromatic rings. The van der Waals surface area contributed by atoms with E-state index in [2.05, 4.69) is 19.6 Å². The summed E-state index contributed by atoms with van der Waals surface area (Å²) in [7, 11) is 0. The van der Waals surface area contributed by atoms with E-state index in [9.17, 15) is 4.79 Å². The second-order valence-electron chi connectivity index (χ2n) is 7.88. The number of amides is 1. The smallest absolute Gasteiger partial charge is 0.220 e. The van der Waals surface area contributed by atoms with Gasteiger partial charge >= 0.3 is 0 Å². The van der Waals surface area contributed by atoms with E-state index < -0.39 is 0 Å². The van der Waals surface area contributed by atoms with Crippen molar-refractivity contribution in [1.29, 1.82) is 0 Å². The first kappa shape index (κ1) is 23.5. The molecule has 1 rings (SSSR count). The van der Waals surface area contributed by atoms with Crippen LogP contribution in [0, 0.1) is 5.92 Å². The Kier molecular flexibility index (Phi) is 13.5. The molecule has 27 heavy (non-hydrogen) atoms. The summed E-state index contributed by atoms with van der Waals surface area (Å²) in [6, 6.07) is 8.15. The minimum absolute atomic E-state index is 0.0609. The number of carbonyl (C=O) groups excluding carboxylic acids is 1. The van der Waals surface area contributed by atoms with Crippen molar-refractivity contribution in [1.82, 2.24) is 0 Å². The summed E-state index contributed by atoms with van der Waals surface area (Å²) in [6.45, 7) is 6.13. The van der Waals surface area contributed by atoms with Gasteiger partial charge in [-0.1, -0.05) is 121 Å². The van der Waals surface area contributed by atoms with Gasteiger partial charge in [0.25, 0.3) is 0 Å². The van der Waals surface area contributed by atoms with Crippen LogP contribution in [0.2, 0.25) is 0 Å². The molecular formula is C25H41NO. The summed E-state index contributed by atoms with van der Waals surface area (Å²) >= 11 is 0. The van der Waals surface area contributed by atoms with Gasteiger partial charge in [0.2, 0.25) is 5.91 Å². The maximum Gasteiger partial charge on any atom is 0.220 e. The fourth-order valence-electron chi connectivity index (χ4n) is 3.76. The first-order chi connectivity index (χ1) is 13.2. The molecule has 1 amide bonds. The van der Waals surface area contributed by atoms with Gasteiger partial charge in [0.05, 0.1) is 0 Å². The fraction of sp³-hybridized carbons (Fsp3) is 0.640. The van der Waals surface area contributed by atoms with Crippen LogP contribution >= 0.6 is 0 Å². The summed E-state index contributed by atoms with van der Waals surface area (Å²) in [5, 5.41) is 0. The van der Waals surface area contributed by atoms with Crippen LogP contribution in [-0.4, -0.2) is 5.91 Å². The van der Waals surface area contributed by atoms with Gasteiger partial charge < -0.3 is 5.73 Å². The lowest BCUT2D eigenvalue weighted by molar-refractivity contribution is -0.122. The topological polar surface area (TPSA) is 43.1 Å². The molecule has 0 heterocycles. The number of nitrogens with two attached hydrogens (primary N) is 1. The minimum Gasteiger partial charge on any atom is -0.369 e. The largest absolute Gasteiger partial charge is 0.369 e. The van der Waals surface area contributed by atoms with E-state index in [1.807, 2.05) is 24.3 Å². The van der Waals surface area contributed by atoms with Gasteiger partial charge in [0.15, 0.2) is 0 Å². The predicted molar refractivity (Wildman–Crippen MR) is 119 cm³/mol. The Labute approximate surface area is 167 Å². The first-order valence-electron chi connectivity index (χ1n) is 11.2. The zero-order valence-electron chi connectivity index (χ0n) is 17.6. The Morgan fingerprint density at radius 2 is 1.44 bits per heavy atom. The number of benzene rings is 1. The molecule has 0 spiro atoms. The molecule has 0 aliphatic carbocycles. The molecule has 2 heteroatoms. The molecular weight excluding hydrogens is 330 g/mol. The Morgan fingerprint density at radius 3 is 1.96 bits per heavy atom. The van der Waals surface area contributed by atoms with Crippen molar-refractivity contribution in [2.24, 2.45) is 11.7 Å². The van der Waals surface area contributed by atoms with Crippen LogP contribution in [0.15, 0.2) is 30.8 Å². The molecule has 0 aliphatic rings. The SMILES string of the molecule is C=Cc1ccccc1CC(CCCCCCCCCCCCCC)C(N)=O. The van der Waals surface area contributed by atoms with Crippen LogP contribution < -0.4 is 5.73 Å². The summed E-state index contributed by atoms with van der Waals surface area (Å²) in [5.74, 6) is -0.230. The van der Waals surface area contributed by atoms with Gasteiger partial charge in [0.1, 0.15) is 0 Å². The van der Waals surface area contributed by atoms with E-state index in [-0.39, 0.29) is 11.8 Å². The van der Waals surface area contributed by atoms with Crippen molar-refractivity contribution in [2.75, 3.05) is 0 Å². The highest BCUT2D eigenvalue weighted by Crippen LogP contribution is 2.20. The molecule has 0 radical (unpaired) electrons. The molecule has 0 saturated carbocycles.